The van der Waals surface area contributed by atoms with Crippen molar-refractivity contribution in [1.29, 1.82) is 5.26 Å². The minimum absolute atomic E-state index is 0.271. The first-order valence-electron chi connectivity index (χ1n) is 11.9. The number of hydrogen-bond donors (Lipinski definition) is 0. The van der Waals surface area contributed by atoms with E-state index < -0.39 is 0 Å². The van der Waals surface area contributed by atoms with Gasteiger partial charge in [-0.25, -0.2) is 4.98 Å². The number of aldehydes is 1. The molecule has 1 aromatic heterocycles. The summed E-state index contributed by atoms with van der Waals surface area (Å²) in [6, 6.07) is 19.3. The van der Waals surface area contributed by atoms with Gasteiger partial charge in [-0.2, -0.15) is 5.26 Å². The first-order chi connectivity index (χ1) is 16.1. The van der Waals surface area contributed by atoms with E-state index in [0.29, 0.717) is 23.4 Å². The van der Waals surface area contributed by atoms with E-state index >= 15 is 0 Å². The molecule has 0 unspecified atom stereocenters. The highest BCUT2D eigenvalue weighted by Crippen LogP contribution is 2.35. The van der Waals surface area contributed by atoms with Crippen LogP contribution in [-0.2, 0) is 25.8 Å². The van der Waals surface area contributed by atoms with Crippen LogP contribution in [0.25, 0.3) is 11.3 Å². The van der Waals surface area contributed by atoms with Gasteiger partial charge in [-0.15, -0.1) is 0 Å². The Morgan fingerprint density at radius 2 is 1.85 bits per heavy atom. The van der Waals surface area contributed by atoms with Gasteiger partial charge in [-0.05, 0) is 67.5 Å². The summed E-state index contributed by atoms with van der Waals surface area (Å²) in [5.74, 6) is 0. The lowest BCUT2D eigenvalue weighted by Gasteiger charge is -2.33. The Balaban J connectivity index is 1.75. The van der Waals surface area contributed by atoms with Crippen LogP contribution in [0, 0.1) is 11.3 Å². The molecule has 1 atom stereocenters. The third kappa shape index (κ3) is 4.47. The SMILES string of the molecule is CCc1cccc(CC)c1-c1cc(C=O)c(CN(C)[C@H]2CCCc3ccccc32)c(C#N)n1. The summed E-state index contributed by atoms with van der Waals surface area (Å²) in [5.41, 5.74) is 8.52. The Kier molecular flexibility index (Phi) is 7.01. The summed E-state index contributed by atoms with van der Waals surface area (Å²) in [5, 5.41) is 10.00. The van der Waals surface area contributed by atoms with Crippen LogP contribution in [0.1, 0.15) is 76.6 Å². The molecule has 4 nitrogen and oxygen atoms in total. The number of rotatable bonds is 7. The van der Waals surface area contributed by atoms with Crippen molar-refractivity contribution in [3.05, 3.63) is 87.6 Å². The van der Waals surface area contributed by atoms with Gasteiger partial charge in [0.1, 0.15) is 11.8 Å². The normalized spacial score (nSPS) is 15.2. The van der Waals surface area contributed by atoms with E-state index in [1.165, 1.54) is 22.3 Å². The summed E-state index contributed by atoms with van der Waals surface area (Å²) in [4.78, 5) is 19.2. The Bertz CT molecular complexity index is 1190. The van der Waals surface area contributed by atoms with Crippen molar-refractivity contribution >= 4 is 6.29 Å². The molecular formula is C29H31N3O. The lowest BCUT2D eigenvalue weighted by molar-refractivity contribution is 0.112. The van der Waals surface area contributed by atoms with Crippen molar-refractivity contribution < 1.29 is 4.79 Å². The van der Waals surface area contributed by atoms with Crippen LogP contribution in [-0.4, -0.2) is 23.2 Å². The molecule has 33 heavy (non-hydrogen) atoms. The van der Waals surface area contributed by atoms with Gasteiger partial charge < -0.3 is 0 Å². The first-order valence-corrected chi connectivity index (χ1v) is 11.9. The summed E-state index contributed by atoms with van der Waals surface area (Å²) in [6.45, 7) is 4.75. The van der Waals surface area contributed by atoms with E-state index in [4.69, 9.17) is 4.98 Å². The number of carbonyl (C=O) groups is 1. The zero-order valence-electron chi connectivity index (χ0n) is 19.8. The topological polar surface area (TPSA) is 57.0 Å². The monoisotopic (exact) mass is 437 g/mol. The zero-order valence-corrected chi connectivity index (χ0v) is 19.8. The summed E-state index contributed by atoms with van der Waals surface area (Å²) in [7, 11) is 2.08. The molecule has 1 aliphatic carbocycles. The third-order valence-corrected chi connectivity index (χ3v) is 6.92. The molecule has 0 aliphatic heterocycles. The lowest BCUT2D eigenvalue weighted by Crippen LogP contribution is -2.28. The molecular weight excluding hydrogens is 406 g/mol. The van der Waals surface area contributed by atoms with Crippen LogP contribution < -0.4 is 0 Å². The standard InChI is InChI=1S/C29H31N3O/c1-4-20-11-8-12-21(5-2)29(20)26-16-23(19-33)25(27(17-30)31-26)18-32(3)28-15-9-13-22-10-6-7-14-24(22)28/h6-8,10-12,14,16,19,28H,4-5,9,13,15,18H2,1-3H3/t28-/m0/s1. The molecule has 0 spiro atoms. The van der Waals surface area contributed by atoms with Gasteiger partial charge >= 0.3 is 0 Å². The number of pyridine rings is 1. The van der Waals surface area contributed by atoms with Crippen molar-refractivity contribution in [2.75, 3.05) is 7.05 Å². The largest absolute Gasteiger partial charge is 0.298 e. The van der Waals surface area contributed by atoms with Gasteiger partial charge in [0.25, 0.3) is 0 Å². The fourth-order valence-corrected chi connectivity index (χ4v) is 5.20. The number of carbonyl (C=O) groups excluding carboxylic acids is 1. The minimum atomic E-state index is 0.271. The molecule has 168 valence electrons. The average molecular weight is 438 g/mol. The van der Waals surface area contributed by atoms with Crippen molar-refractivity contribution in [2.24, 2.45) is 0 Å². The van der Waals surface area contributed by atoms with Crippen LogP contribution in [0.5, 0.6) is 0 Å². The first kappa shape index (κ1) is 22.9. The van der Waals surface area contributed by atoms with E-state index in [1.54, 1.807) is 0 Å². The number of nitriles is 1. The molecule has 1 aliphatic rings. The molecule has 0 bridgehead atoms. The number of nitrogens with zero attached hydrogens (tertiary/aromatic N) is 3. The van der Waals surface area contributed by atoms with Gasteiger partial charge in [0.2, 0.25) is 0 Å². The van der Waals surface area contributed by atoms with E-state index in [0.717, 1.165) is 49.6 Å². The highest BCUT2D eigenvalue weighted by atomic mass is 16.1. The second-order valence-corrected chi connectivity index (χ2v) is 8.83. The fraction of sp³-hybridized carbons (Fsp3) is 0.345. The number of benzene rings is 2. The van der Waals surface area contributed by atoms with Crippen LogP contribution in [0.2, 0.25) is 0 Å². The van der Waals surface area contributed by atoms with Gasteiger partial charge in [-0.1, -0.05) is 56.3 Å². The van der Waals surface area contributed by atoms with Crippen molar-refractivity contribution in [2.45, 2.75) is 58.5 Å². The van der Waals surface area contributed by atoms with Crippen LogP contribution in [0.3, 0.4) is 0 Å². The highest BCUT2D eigenvalue weighted by molar-refractivity contribution is 5.82. The molecule has 0 radical (unpaired) electrons. The van der Waals surface area contributed by atoms with Crippen molar-refractivity contribution in [3.8, 4) is 17.3 Å². The molecule has 0 amide bonds. The number of aromatic nitrogens is 1. The smallest absolute Gasteiger partial charge is 0.150 e. The molecule has 2 aromatic carbocycles. The van der Waals surface area contributed by atoms with Gasteiger partial charge in [-0.3, -0.25) is 9.69 Å². The molecule has 0 saturated carbocycles. The summed E-state index contributed by atoms with van der Waals surface area (Å²) >= 11 is 0. The van der Waals surface area contributed by atoms with Crippen molar-refractivity contribution in [3.63, 3.8) is 0 Å². The number of hydrogen-bond acceptors (Lipinski definition) is 4. The van der Waals surface area contributed by atoms with Gasteiger partial charge in [0.15, 0.2) is 6.29 Å². The zero-order chi connectivity index (χ0) is 23.4. The fourth-order valence-electron chi connectivity index (χ4n) is 5.20. The van der Waals surface area contributed by atoms with E-state index in [1.807, 2.05) is 6.07 Å². The molecule has 4 rings (SSSR count). The van der Waals surface area contributed by atoms with E-state index in [9.17, 15) is 10.1 Å². The highest BCUT2D eigenvalue weighted by Gasteiger charge is 2.25. The van der Waals surface area contributed by atoms with Crippen LogP contribution >= 0.6 is 0 Å². The summed E-state index contributed by atoms with van der Waals surface area (Å²) < 4.78 is 0. The van der Waals surface area contributed by atoms with Gasteiger partial charge in [0.05, 0.1) is 5.69 Å². The number of fused-ring (bicyclic) bond motifs is 1. The lowest BCUT2D eigenvalue weighted by atomic mass is 9.86. The maximum atomic E-state index is 12.2. The predicted octanol–water partition coefficient (Wildman–Crippen LogP) is 6.07. The van der Waals surface area contributed by atoms with Crippen LogP contribution in [0.4, 0.5) is 0 Å². The Morgan fingerprint density at radius 1 is 1.12 bits per heavy atom. The molecule has 3 aromatic rings. The van der Waals surface area contributed by atoms with Crippen LogP contribution in [0.15, 0.2) is 48.5 Å². The maximum Gasteiger partial charge on any atom is 0.150 e. The van der Waals surface area contributed by atoms with Crippen molar-refractivity contribution in [1.82, 2.24) is 9.88 Å². The second-order valence-electron chi connectivity index (χ2n) is 8.83. The third-order valence-electron chi connectivity index (χ3n) is 6.92. The summed E-state index contributed by atoms with van der Waals surface area (Å²) in [6.07, 6.45) is 5.94. The second kappa shape index (κ2) is 10.1. The molecule has 1 heterocycles. The molecule has 4 heteroatoms. The molecule has 0 saturated heterocycles. The average Bonchev–Trinajstić information content (AvgIpc) is 2.87. The Hall–Kier alpha value is -3.29. The Labute approximate surface area is 196 Å². The van der Waals surface area contributed by atoms with E-state index in [2.05, 4.69) is 74.3 Å². The maximum absolute atomic E-state index is 12.2. The van der Waals surface area contributed by atoms with Gasteiger partial charge in [0, 0.05) is 29.3 Å². The minimum Gasteiger partial charge on any atom is -0.298 e. The molecule has 0 fully saturated rings. The Morgan fingerprint density at radius 3 is 2.52 bits per heavy atom. The number of aryl methyl sites for hydroxylation is 3. The molecule has 0 N–H and O–H groups in total. The quantitative estimate of drug-likeness (QED) is 0.421. The van der Waals surface area contributed by atoms with E-state index in [-0.39, 0.29) is 6.04 Å². The predicted molar refractivity (Wildman–Crippen MR) is 132 cm³/mol.